The van der Waals surface area contributed by atoms with E-state index in [2.05, 4.69) is 35.7 Å². The minimum Gasteiger partial charge on any atom is -0.493 e. The Morgan fingerprint density at radius 1 is 1.19 bits per heavy atom. The topological polar surface area (TPSA) is 38.8 Å². The maximum absolute atomic E-state index is 11.7. The minimum atomic E-state index is 0.0599. The summed E-state index contributed by atoms with van der Waals surface area (Å²) in [6.45, 7) is 0.737. The molecule has 140 valence electrons. The molecule has 1 aliphatic rings. The molecule has 4 rings (SSSR count). The van der Waals surface area contributed by atoms with Crippen molar-refractivity contribution >= 4 is 27.8 Å². The Labute approximate surface area is 163 Å². The number of nitrogens with zero attached hydrogens (tertiary/aromatic N) is 1. The summed E-state index contributed by atoms with van der Waals surface area (Å²) in [6, 6.07) is 12.7. The fourth-order valence-corrected chi connectivity index (χ4v) is 5.01. The molecule has 1 aromatic heterocycles. The van der Waals surface area contributed by atoms with Crippen molar-refractivity contribution in [3.63, 3.8) is 0 Å². The third-order valence-corrected chi connectivity index (χ3v) is 6.44. The van der Waals surface area contributed by atoms with Gasteiger partial charge in [0.15, 0.2) is 11.5 Å². The molecule has 1 amide bonds. The van der Waals surface area contributed by atoms with Gasteiger partial charge in [-0.1, -0.05) is 18.2 Å². The Bertz CT molecular complexity index is 965. The molecule has 2 heterocycles. The summed E-state index contributed by atoms with van der Waals surface area (Å²) in [6.07, 6.45) is 3.65. The van der Waals surface area contributed by atoms with Gasteiger partial charge in [0, 0.05) is 11.2 Å². The number of carbonyl (C=O) groups is 1. The maximum atomic E-state index is 11.7. The average Bonchev–Trinajstić information content (AvgIpc) is 3.13. The van der Waals surface area contributed by atoms with Crippen molar-refractivity contribution in [3.05, 3.63) is 58.5 Å². The first-order valence-electron chi connectivity index (χ1n) is 9.16. The van der Waals surface area contributed by atoms with Gasteiger partial charge in [0.05, 0.1) is 20.3 Å². The number of hydrogen-bond acceptors (Lipinski definition) is 4. The van der Waals surface area contributed by atoms with Gasteiger partial charge in [0.25, 0.3) is 0 Å². The number of hydrogen-bond donors (Lipinski definition) is 0. The van der Waals surface area contributed by atoms with E-state index in [-0.39, 0.29) is 6.04 Å². The fourth-order valence-electron chi connectivity index (χ4n) is 4.01. The Morgan fingerprint density at radius 3 is 2.74 bits per heavy atom. The van der Waals surface area contributed by atoms with Crippen LogP contribution in [0.1, 0.15) is 29.2 Å². The number of amides is 1. The van der Waals surface area contributed by atoms with Gasteiger partial charge >= 0.3 is 0 Å². The lowest BCUT2D eigenvalue weighted by atomic mass is 9.88. The minimum absolute atomic E-state index is 0.0599. The molecule has 4 nitrogen and oxygen atoms in total. The van der Waals surface area contributed by atoms with Crippen LogP contribution in [-0.2, 0) is 17.6 Å². The van der Waals surface area contributed by atoms with E-state index >= 15 is 0 Å². The van der Waals surface area contributed by atoms with Crippen LogP contribution in [0.15, 0.2) is 41.8 Å². The quantitative estimate of drug-likeness (QED) is 0.586. The van der Waals surface area contributed by atoms with Crippen LogP contribution in [0, 0.1) is 0 Å². The maximum Gasteiger partial charge on any atom is 0.210 e. The van der Waals surface area contributed by atoms with Crippen molar-refractivity contribution in [3.8, 4) is 11.5 Å². The van der Waals surface area contributed by atoms with Crippen LogP contribution >= 0.6 is 11.3 Å². The normalized spacial score (nSPS) is 16.2. The number of ether oxygens (including phenoxy) is 2. The molecule has 0 aliphatic carbocycles. The summed E-state index contributed by atoms with van der Waals surface area (Å²) >= 11 is 1.78. The zero-order valence-corrected chi connectivity index (χ0v) is 16.4. The van der Waals surface area contributed by atoms with Crippen molar-refractivity contribution in [1.29, 1.82) is 0 Å². The van der Waals surface area contributed by atoms with Crippen molar-refractivity contribution in [2.75, 3.05) is 20.8 Å². The zero-order chi connectivity index (χ0) is 18.8. The molecule has 0 saturated heterocycles. The molecule has 0 spiro atoms. The number of benzene rings is 2. The van der Waals surface area contributed by atoms with Crippen molar-refractivity contribution < 1.29 is 14.3 Å². The lowest BCUT2D eigenvalue weighted by Gasteiger charge is -2.35. The van der Waals surface area contributed by atoms with E-state index in [1.165, 1.54) is 26.8 Å². The van der Waals surface area contributed by atoms with Gasteiger partial charge in [0.1, 0.15) is 0 Å². The van der Waals surface area contributed by atoms with Crippen LogP contribution in [0.25, 0.3) is 10.1 Å². The van der Waals surface area contributed by atoms with Crippen LogP contribution in [0.3, 0.4) is 0 Å². The lowest BCUT2D eigenvalue weighted by Crippen LogP contribution is -2.34. The SMILES string of the molecule is COc1cc2c(cc1OC)[C@H](CCc1csc3ccccc13)N(C=O)CC2. The number of thiophene rings is 1. The van der Waals surface area contributed by atoms with E-state index in [4.69, 9.17) is 9.47 Å². The molecule has 27 heavy (non-hydrogen) atoms. The highest BCUT2D eigenvalue weighted by Gasteiger charge is 2.28. The van der Waals surface area contributed by atoms with Crippen molar-refractivity contribution in [2.24, 2.45) is 0 Å². The van der Waals surface area contributed by atoms with E-state index < -0.39 is 0 Å². The van der Waals surface area contributed by atoms with E-state index in [1.807, 2.05) is 11.0 Å². The van der Waals surface area contributed by atoms with Gasteiger partial charge in [-0.3, -0.25) is 4.79 Å². The molecule has 1 atom stereocenters. The number of carbonyl (C=O) groups excluding carboxylic acids is 1. The summed E-state index contributed by atoms with van der Waals surface area (Å²) in [4.78, 5) is 13.6. The Morgan fingerprint density at radius 2 is 1.96 bits per heavy atom. The molecule has 1 aliphatic heterocycles. The second-order valence-corrected chi connectivity index (χ2v) is 7.72. The largest absolute Gasteiger partial charge is 0.493 e. The molecular formula is C22H23NO3S. The summed E-state index contributed by atoms with van der Waals surface area (Å²) in [5.74, 6) is 1.47. The first-order valence-corrected chi connectivity index (χ1v) is 10.0. The van der Waals surface area contributed by atoms with Crippen molar-refractivity contribution in [2.45, 2.75) is 25.3 Å². The highest BCUT2D eigenvalue weighted by molar-refractivity contribution is 7.17. The fraction of sp³-hybridized carbons (Fsp3) is 0.318. The zero-order valence-electron chi connectivity index (χ0n) is 15.6. The number of methoxy groups -OCH3 is 2. The van der Waals surface area contributed by atoms with Gasteiger partial charge in [0.2, 0.25) is 6.41 Å². The molecular weight excluding hydrogens is 358 g/mol. The predicted octanol–water partition coefficient (Wildman–Crippen LogP) is 4.61. The summed E-state index contributed by atoms with van der Waals surface area (Å²) < 4.78 is 12.3. The molecule has 0 unspecified atom stereocenters. The summed E-state index contributed by atoms with van der Waals surface area (Å²) in [7, 11) is 3.31. The second kappa shape index (κ2) is 7.61. The van der Waals surface area contributed by atoms with E-state index in [0.29, 0.717) is 0 Å². The summed E-state index contributed by atoms with van der Waals surface area (Å²) in [5, 5.41) is 3.57. The third kappa shape index (κ3) is 3.28. The van der Waals surface area contributed by atoms with Gasteiger partial charge in [-0.25, -0.2) is 0 Å². The molecule has 5 heteroatoms. The van der Waals surface area contributed by atoms with Crippen LogP contribution in [-0.4, -0.2) is 32.1 Å². The molecule has 2 aromatic carbocycles. The van der Waals surface area contributed by atoms with Crippen LogP contribution in [0.5, 0.6) is 11.5 Å². The predicted molar refractivity (Wildman–Crippen MR) is 109 cm³/mol. The molecule has 0 bridgehead atoms. The first-order chi connectivity index (χ1) is 13.2. The van der Waals surface area contributed by atoms with E-state index in [1.54, 1.807) is 25.6 Å². The smallest absolute Gasteiger partial charge is 0.210 e. The Balaban J connectivity index is 1.65. The number of aryl methyl sites for hydroxylation is 1. The monoisotopic (exact) mass is 381 g/mol. The summed E-state index contributed by atoms with van der Waals surface area (Å²) in [5.41, 5.74) is 3.77. The highest BCUT2D eigenvalue weighted by atomic mass is 32.1. The van der Waals surface area contributed by atoms with Gasteiger partial charge in [-0.15, -0.1) is 11.3 Å². The molecule has 0 saturated carbocycles. The molecule has 0 fully saturated rings. The highest BCUT2D eigenvalue weighted by Crippen LogP contribution is 2.40. The average molecular weight is 381 g/mol. The van der Waals surface area contributed by atoms with Crippen LogP contribution < -0.4 is 9.47 Å². The molecule has 0 radical (unpaired) electrons. The van der Waals surface area contributed by atoms with Crippen molar-refractivity contribution in [1.82, 2.24) is 4.90 Å². The number of fused-ring (bicyclic) bond motifs is 2. The third-order valence-electron chi connectivity index (χ3n) is 5.43. The van der Waals surface area contributed by atoms with Gasteiger partial charge in [-0.2, -0.15) is 0 Å². The van der Waals surface area contributed by atoms with E-state index in [9.17, 15) is 4.79 Å². The van der Waals surface area contributed by atoms with Gasteiger partial charge < -0.3 is 14.4 Å². The van der Waals surface area contributed by atoms with E-state index in [0.717, 1.165) is 43.7 Å². The van der Waals surface area contributed by atoms with Crippen LogP contribution in [0.2, 0.25) is 0 Å². The molecule has 3 aromatic rings. The standard InChI is InChI=1S/C22H23NO3S/c1-25-20-11-15-9-10-23(14-24)19(18(15)12-21(20)26-2)8-7-16-13-27-22-6-4-3-5-17(16)22/h3-6,11-14,19H,7-10H2,1-2H3/t19-/m0/s1. The Hall–Kier alpha value is -2.53. The Kier molecular flexibility index (Phi) is 5.03. The first kappa shape index (κ1) is 17.9. The van der Waals surface area contributed by atoms with Crippen LogP contribution in [0.4, 0.5) is 0 Å². The number of rotatable bonds is 6. The lowest BCUT2D eigenvalue weighted by molar-refractivity contribution is -0.120. The second-order valence-electron chi connectivity index (χ2n) is 6.81. The molecule has 0 N–H and O–H groups in total. The van der Waals surface area contributed by atoms with Gasteiger partial charge in [-0.05, 0) is 64.9 Å².